The molecular formula is C81H81Cl5N30O10. The molecule has 0 radical (unpaired) electrons. The Hall–Kier alpha value is -13.2. The lowest BCUT2D eigenvalue weighted by Crippen LogP contribution is -2.37. The number of carbonyl (C=O) groups is 3. The number of benzene rings is 4. The van der Waals surface area contributed by atoms with Gasteiger partial charge < -0.3 is 71.5 Å². The first kappa shape index (κ1) is 87.7. The molecule has 0 aliphatic carbocycles. The predicted molar refractivity (Wildman–Crippen MR) is 471 cm³/mol. The highest BCUT2D eigenvalue weighted by molar-refractivity contribution is 6.36. The van der Waals surface area contributed by atoms with E-state index in [0.29, 0.717) is 144 Å². The van der Waals surface area contributed by atoms with Crippen molar-refractivity contribution >= 4 is 188 Å². The minimum Gasteiger partial charge on any atom is -0.464 e. The van der Waals surface area contributed by atoms with Crippen molar-refractivity contribution in [1.29, 1.82) is 0 Å². The zero-order valence-corrected chi connectivity index (χ0v) is 72.7. The van der Waals surface area contributed by atoms with Gasteiger partial charge in [0.25, 0.3) is 0 Å². The minimum absolute atomic E-state index is 0.00466. The Morgan fingerprint density at radius 3 is 1.04 bits per heavy atom. The Bertz CT molecular complexity index is 6930. The molecule has 650 valence electrons. The Kier molecular flexibility index (Phi) is 27.7. The van der Waals surface area contributed by atoms with Crippen LogP contribution in [0.4, 0.5) is 11.9 Å². The number of hydrogen-bond acceptors (Lipinski definition) is 31. The van der Waals surface area contributed by atoms with E-state index < -0.39 is 0 Å². The summed E-state index contributed by atoms with van der Waals surface area (Å²) in [4.78, 5) is 124. The smallest absolute Gasteiger partial charge is 0.302 e. The molecular weight excluding hydrogens is 1730 g/mol. The van der Waals surface area contributed by atoms with Gasteiger partial charge in [-0.3, -0.25) is 28.1 Å². The van der Waals surface area contributed by atoms with Gasteiger partial charge in [0.05, 0.1) is 135 Å². The topological polar surface area (TPSA) is 444 Å². The molecule has 126 heavy (non-hydrogen) atoms. The number of imidazole rings is 9. The maximum atomic E-state index is 11.2. The predicted octanol–water partition coefficient (Wildman–Crippen LogP) is 10.6. The normalized spacial score (nSPS) is 12.7. The first-order valence-electron chi connectivity index (χ1n) is 39.5. The summed E-state index contributed by atoms with van der Waals surface area (Å²) in [5.41, 5.74) is 13.6. The van der Waals surface area contributed by atoms with Crippen LogP contribution in [0.5, 0.6) is 0 Å². The molecule has 40 nitrogen and oxygen atoms in total. The summed E-state index contributed by atoms with van der Waals surface area (Å²) in [5.74, 6) is 5.65. The molecule has 2 aliphatic heterocycles. The lowest BCUT2D eigenvalue weighted by Gasteiger charge is -2.27. The second-order valence-corrected chi connectivity index (χ2v) is 29.8. The maximum absolute atomic E-state index is 11.2. The van der Waals surface area contributed by atoms with E-state index in [-0.39, 0.29) is 77.1 Å². The van der Waals surface area contributed by atoms with Crippen LogP contribution in [0.1, 0.15) is 44.1 Å². The number of morpholine rings is 2. The van der Waals surface area contributed by atoms with Crippen LogP contribution in [0.15, 0.2) is 129 Å². The number of carbonyl (C=O) groups excluding carboxylic acids is 3. The van der Waals surface area contributed by atoms with Gasteiger partial charge in [-0.1, -0.05) is 71.7 Å². The van der Waals surface area contributed by atoms with Crippen molar-refractivity contribution in [2.45, 2.75) is 81.2 Å². The Morgan fingerprint density at radius 1 is 0.373 bits per heavy atom. The van der Waals surface area contributed by atoms with Crippen molar-refractivity contribution in [1.82, 2.24) is 136 Å². The number of aromatic amines is 1. The summed E-state index contributed by atoms with van der Waals surface area (Å²) >= 11 is 29.2. The quantitative estimate of drug-likeness (QED) is 0.0311. The van der Waals surface area contributed by atoms with Gasteiger partial charge in [-0.15, -0.1) is 0 Å². The van der Waals surface area contributed by atoms with Crippen LogP contribution in [0, 0.1) is 27.7 Å². The fraction of sp³-hybridized carbons (Fsp3) is 0.309. The summed E-state index contributed by atoms with van der Waals surface area (Å²) in [6, 6.07) is 31.7. The van der Waals surface area contributed by atoms with Gasteiger partial charge in [-0.05, 0) is 111 Å². The van der Waals surface area contributed by atoms with Crippen LogP contribution in [0.25, 0.3) is 117 Å². The van der Waals surface area contributed by atoms with Gasteiger partial charge in [0.15, 0.2) is 72.5 Å². The van der Waals surface area contributed by atoms with E-state index >= 15 is 0 Å². The van der Waals surface area contributed by atoms with Gasteiger partial charge in [-0.25, -0.2) is 54.8 Å². The molecule has 0 saturated carbocycles. The molecule has 0 amide bonds. The third-order valence-corrected chi connectivity index (χ3v) is 20.6. The van der Waals surface area contributed by atoms with Crippen molar-refractivity contribution in [3.05, 3.63) is 178 Å². The molecule has 0 spiro atoms. The number of nitrogens with one attached hydrogen (secondary N) is 1. The molecule has 4 aromatic carbocycles. The maximum Gasteiger partial charge on any atom is 0.302 e. The summed E-state index contributed by atoms with van der Waals surface area (Å²) in [5, 5.41) is 18.9. The van der Waals surface area contributed by atoms with E-state index in [2.05, 4.69) is 84.6 Å². The van der Waals surface area contributed by atoms with E-state index in [4.69, 9.17) is 112 Å². The number of halogens is 5. The zero-order valence-electron chi connectivity index (χ0n) is 68.9. The standard InChI is InChI=1S/C21H23N7O3.C19H21N7O2.C17H15ClN6O2.C9H8Cl2N4O2.C8H8N2.C7H6Cl2N4O/c1-14-23-16-5-3-4-6-17(16)28(14)20-18-19(27(13-22-18)9-12-31-15(2)29)24-21(25-20)26-7-10-30-11-8-26;1-13-21-14-4-2-3-5-15(14)26(13)18-16-17(25(6-9-27)12-20-16)22-19(23-18)24-7-10-28-11-8-24;1-10-20-12-5-3-4-6-13(12)24(10)16-14-15(21-17(18)22-16)23(9-19-14)7-8-26-11(2)25;1-5(16)17-3-2-15-4-12-6-7(10)13-9(11)14-8(6)15;1-6-9-7-4-2-3-5-8(7)10-6;8-5-4-6(12-7(9)11-5)13(1-2-14)3-10-4/h3-6,13H,7-12H2,1-2H3;2-5,12,27H,6-11H2,1H3;3-6,9H,7-8H2,1-2H3;4H,2-3H2,1H3;2-5H,1H3,(H,9,10);3,14H,1-2H2. The molecule has 45 heteroatoms. The van der Waals surface area contributed by atoms with Crippen LogP contribution in [0.3, 0.4) is 0 Å². The first-order chi connectivity index (χ1) is 61.1. The lowest BCUT2D eigenvalue weighted by molar-refractivity contribution is -0.142. The third kappa shape index (κ3) is 19.8. The minimum atomic E-state index is -0.333. The second kappa shape index (κ2) is 39.8. The van der Waals surface area contributed by atoms with Crippen molar-refractivity contribution in [2.24, 2.45) is 0 Å². The van der Waals surface area contributed by atoms with Crippen LogP contribution >= 0.6 is 58.0 Å². The molecule has 2 fully saturated rings. The van der Waals surface area contributed by atoms with Gasteiger partial charge in [0.2, 0.25) is 27.7 Å². The number of ether oxygens (including phenoxy) is 5. The number of rotatable bonds is 18. The summed E-state index contributed by atoms with van der Waals surface area (Å²) < 4.78 is 40.8. The molecule has 0 unspecified atom stereocenters. The monoisotopic (exact) mass is 1810 g/mol. The molecule has 0 bridgehead atoms. The van der Waals surface area contributed by atoms with E-state index in [1.807, 2.05) is 148 Å². The number of aromatic nitrogens is 28. The fourth-order valence-electron chi connectivity index (χ4n) is 14.0. The Morgan fingerprint density at radius 2 is 0.683 bits per heavy atom. The highest BCUT2D eigenvalue weighted by Gasteiger charge is 2.27. The van der Waals surface area contributed by atoms with Crippen LogP contribution < -0.4 is 9.80 Å². The highest BCUT2D eigenvalue weighted by atomic mass is 35.5. The molecule has 14 aromatic heterocycles. The number of anilines is 2. The number of aliphatic hydroxyl groups excluding tert-OH is 2. The number of aliphatic hydroxyl groups is 2. The van der Waals surface area contributed by atoms with Crippen molar-refractivity contribution in [3.8, 4) is 17.5 Å². The largest absolute Gasteiger partial charge is 0.464 e. The Balaban J connectivity index is 0.000000121. The number of fused-ring (bicyclic) bond motifs is 9. The van der Waals surface area contributed by atoms with Gasteiger partial charge in [0.1, 0.15) is 54.2 Å². The van der Waals surface area contributed by atoms with Crippen LogP contribution in [0.2, 0.25) is 26.2 Å². The van der Waals surface area contributed by atoms with E-state index in [1.165, 1.54) is 27.1 Å². The van der Waals surface area contributed by atoms with Gasteiger partial charge in [0, 0.05) is 60.0 Å². The van der Waals surface area contributed by atoms with E-state index in [9.17, 15) is 19.5 Å². The molecule has 2 aliphatic rings. The third-order valence-electron chi connectivity index (χ3n) is 19.6. The summed E-state index contributed by atoms with van der Waals surface area (Å²) in [6.07, 6.45) is 8.14. The van der Waals surface area contributed by atoms with Gasteiger partial charge >= 0.3 is 17.9 Å². The lowest BCUT2D eigenvalue weighted by atomic mass is 10.3. The molecule has 18 aromatic rings. The molecule has 20 rings (SSSR count). The average Bonchev–Trinajstić information content (AvgIpc) is 1.60. The van der Waals surface area contributed by atoms with Gasteiger partial charge in [-0.2, -0.15) is 39.9 Å². The van der Waals surface area contributed by atoms with Crippen molar-refractivity contribution < 1.29 is 48.3 Å². The number of para-hydroxylation sites is 8. The summed E-state index contributed by atoms with van der Waals surface area (Å²) in [7, 11) is 0. The number of H-pyrrole nitrogens is 1. The molecule has 0 atom stereocenters. The molecule has 2 saturated heterocycles. The average molecular weight is 1810 g/mol. The number of hydrogen-bond donors (Lipinski definition) is 3. The van der Waals surface area contributed by atoms with Crippen LogP contribution in [-0.4, -0.2) is 250 Å². The number of aryl methyl sites for hydroxylation is 4. The number of nitrogens with zero attached hydrogens (tertiary/aromatic N) is 29. The summed E-state index contributed by atoms with van der Waals surface area (Å²) in [6.45, 7) is 20.3. The molecule has 16 heterocycles. The highest BCUT2D eigenvalue weighted by Crippen LogP contribution is 2.32. The molecule has 3 N–H and O–H groups in total. The SMILES string of the molecule is CC(=O)OCCn1cnc2c(-n3c(C)nc4ccccc43)nc(Cl)nc21.CC(=O)OCCn1cnc2c(-n3c(C)nc4ccccc43)nc(N3CCOCC3)nc21.CC(=O)OCCn1cnc2c(Cl)nc(Cl)nc21.Cc1nc2ccccc2[nH]1.Cc1nc2ccccc2n1-c1nc(N2CCOCC2)nc2c1ncn2CCO.OCCn1cnc2c(Cl)nc(Cl)nc21. The Labute approximate surface area is 740 Å². The second-order valence-electron chi connectivity index (χ2n) is 28.1. The van der Waals surface area contributed by atoms with E-state index in [1.54, 1.807) is 39.0 Å². The van der Waals surface area contributed by atoms with Crippen LogP contribution in [-0.2, 0) is 70.8 Å². The van der Waals surface area contributed by atoms with Crippen molar-refractivity contribution in [3.63, 3.8) is 0 Å². The fourth-order valence-corrected chi connectivity index (χ4v) is 15.0. The van der Waals surface area contributed by atoms with Crippen molar-refractivity contribution in [2.75, 3.05) is 95.4 Å². The zero-order chi connectivity index (χ0) is 88.2. The van der Waals surface area contributed by atoms with E-state index in [0.717, 1.165) is 93.6 Å². The first-order valence-corrected chi connectivity index (χ1v) is 41.4. The number of esters is 3.